The van der Waals surface area contributed by atoms with Gasteiger partial charge in [0.15, 0.2) is 0 Å². The smallest absolute Gasteiger partial charge is 0.323 e. The number of nitrogens with zero attached hydrogens (tertiary/aromatic N) is 1. The fraction of sp³-hybridized carbons (Fsp3) is 0.667. The summed E-state index contributed by atoms with van der Waals surface area (Å²) in [7, 11) is 0. The number of carbonyl (C=O) groups excluding carboxylic acids is 1. The van der Waals surface area contributed by atoms with Gasteiger partial charge in [-0.2, -0.15) is 11.8 Å². The highest BCUT2D eigenvalue weighted by atomic mass is 32.2. The molecule has 0 saturated heterocycles. The molecule has 0 bridgehead atoms. The van der Waals surface area contributed by atoms with E-state index in [1.165, 1.54) is 0 Å². The van der Waals surface area contributed by atoms with E-state index in [4.69, 9.17) is 10.2 Å². The van der Waals surface area contributed by atoms with Crippen LogP contribution in [0.2, 0.25) is 0 Å². The monoisotopic (exact) mass is 264 g/mol. The molecule has 2 amide bonds. The van der Waals surface area contributed by atoms with Gasteiger partial charge in [0.25, 0.3) is 0 Å². The first-order valence-electron chi connectivity index (χ1n) is 4.86. The summed E-state index contributed by atoms with van der Waals surface area (Å²) < 4.78 is 0. The molecule has 1 unspecified atom stereocenters. The molecule has 0 fully saturated rings. The number of amides is 2. The van der Waals surface area contributed by atoms with E-state index in [2.05, 4.69) is 5.32 Å². The summed E-state index contributed by atoms with van der Waals surface area (Å²) in [5.41, 5.74) is 0. The minimum Gasteiger partial charge on any atom is -0.480 e. The van der Waals surface area contributed by atoms with Crippen LogP contribution < -0.4 is 5.32 Å². The molecule has 98 valence electrons. The lowest BCUT2D eigenvalue weighted by molar-refractivity contribution is -0.140. The van der Waals surface area contributed by atoms with E-state index in [0.717, 1.165) is 4.90 Å². The Morgan fingerprint density at radius 3 is 2.06 bits per heavy atom. The van der Waals surface area contributed by atoms with Crippen LogP contribution in [0.5, 0.6) is 0 Å². The number of hydrogen-bond acceptors (Lipinski definition) is 4. The summed E-state index contributed by atoms with van der Waals surface area (Å²) in [6.45, 7) is 0.983. The van der Waals surface area contributed by atoms with Crippen molar-refractivity contribution in [1.29, 1.82) is 0 Å². The summed E-state index contributed by atoms with van der Waals surface area (Å²) in [6.07, 6.45) is 1.88. The second-order valence-electron chi connectivity index (χ2n) is 3.38. The number of carbonyl (C=O) groups is 3. The van der Waals surface area contributed by atoms with Crippen molar-refractivity contribution in [2.75, 3.05) is 25.9 Å². The van der Waals surface area contributed by atoms with Gasteiger partial charge in [-0.05, 0) is 6.26 Å². The molecule has 3 N–H and O–H groups in total. The van der Waals surface area contributed by atoms with Crippen LogP contribution in [0.15, 0.2) is 0 Å². The lowest BCUT2D eigenvalue weighted by Crippen LogP contribution is -2.46. The second kappa shape index (κ2) is 7.77. The molecule has 0 aromatic rings. The van der Waals surface area contributed by atoms with E-state index in [1.807, 2.05) is 13.2 Å². The van der Waals surface area contributed by atoms with Crippen molar-refractivity contribution >= 4 is 29.7 Å². The van der Waals surface area contributed by atoms with E-state index in [9.17, 15) is 14.4 Å². The zero-order chi connectivity index (χ0) is 13.4. The maximum Gasteiger partial charge on any atom is 0.323 e. The molecule has 0 aliphatic carbocycles. The van der Waals surface area contributed by atoms with Crippen LogP contribution in [-0.4, -0.2) is 64.2 Å². The first kappa shape index (κ1) is 15.6. The largest absolute Gasteiger partial charge is 0.480 e. The second-order valence-corrected chi connectivity index (χ2v) is 4.65. The van der Waals surface area contributed by atoms with Gasteiger partial charge in [-0.1, -0.05) is 6.92 Å². The van der Waals surface area contributed by atoms with Crippen LogP contribution in [0.4, 0.5) is 4.79 Å². The Morgan fingerprint density at radius 2 is 1.71 bits per heavy atom. The van der Waals surface area contributed by atoms with Crippen molar-refractivity contribution in [3.63, 3.8) is 0 Å². The van der Waals surface area contributed by atoms with Crippen molar-refractivity contribution in [3.8, 4) is 0 Å². The maximum absolute atomic E-state index is 11.5. The number of rotatable bonds is 7. The fourth-order valence-corrected chi connectivity index (χ4v) is 1.20. The Balaban J connectivity index is 4.31. The minimum absolute atomic E-state index is 0.176. The first-order valence-corrected chi connectivity index (χ1v) is 6.14. The van der Waals surface area contributed by atoms with Crippen molar-refractivity contribution in [2.24, 2.45) is 0 Å². The molecule has 0 spiro atoms. The number of urea groups is 1. The van der Waals surface area contributed by atoms with E-state index in [-0.39, 0.29) is 5.25 Å². The molecule has 0 saturated carbocycles. The number of nitrogens with one attached hydrogen (secondary N) is 1. The average molecular weight is 264 g/mol. The predicted molar refractivity (Wildman–Crippen MR) is 63.2 cm³/mol. The molecule has 0 aliphatic rings. The molecule has 0 aromatic heterocycles. The van der Waals surface area contributed by atoms with Gasteiger partial charge in [0.2, 0.25) is 0 Å². The number of aliphatic carboxylic acids is 2. The van der Waals surface area contributed by atoms with E-state index in [1.54, 1.807) is 11.8 Å². The maximum atomic E-state index is 11.5. The first-order chi connectivity index (χ1) is 7.86. The van der Waals surface area contributed by atoms with Crippen molar-refractivity contribution in [2.45, 2.75) is 12.2 Å². The molecule has 0 aliphatic heterocycles. The van der Waals surface area contributed by atoms with Crippen LogP contribution >= 0.6 is 11.8 Å². The Bertz CT molecular complexity index is 281. The van der Waals surface area contributed by atoms with E-state index >= 15 is 0 Å². The zero-order valence-electron chi connectivity index (χ0n) is 9.67. The van der Waals surface area contributed by atoms with Gasteiger partial charge in [-0.25, -0.2) is 4.79 Å². The standard InChI is InChI=1S/C9H16N2O5S/c1-6(17-2)3-10-9(16)11(4-7(12)13)5-8(14)15/h6H,3-5H2,1-2H3,(H,10,16)(H,12,13)(H,14,15). The molecule has 0 aromatic carbocycles. The van der Waals surface area contributed by atoms with Gasteiger partial charge >= 0.3 is 18.0 Å². The molecule has 0 radical (unpaired) electrons. The summed E-state index contributed by atoms with van der Waals surface area (Å²) in [5, 5.41) is 19.8. The molecule has 8 heteroatoms. The highest BCUT2D eigenvalue weighted by Gasteiger charge is 2.19. The van der Waals surface area contributed by atoms with Crippen LogP contribution in [0.1, 0.15) is 6.92 Å². The SMILES string of the molecule is CSC(C)CNC(=O)N(CC(=O)O)CC(=O)O. The third-order valence-corrected chi connectivity index (χ3v) is 2.85. The van der Waals surface area contributed by atoms with Crippen LogP contribution in [0.25, 0.3) is 0 Å². The Hall–Kier alpha value is -1.44. The molecular weight excluding hydrogens is 248 g/mol. The Morgan fingerprint density at radius 1 is 1.24 bits per heavy atom. The van der Waals surface area contributed by atoms with Gasteiger partial charge < -0.3 is 20.4 Å². The number of carboxylic acids is 2. The lowest BCUT2D eigenvalue weighted by atomic mass is 10.4. The normalized spacial score (nSPS) is 11.6. The molecule has 7 nitrogen and oxygen atoms in total. The van der Waals surface area contributed by atoms with Crippen LogP contribution in [0.3, 0.4) is 0 Å². The Kier molecular flexibility index (Phi) is 7.11. The quantitative estimate of drug-likeness (QED) is 0.593. The van der Waals surface area contributed by atoms with Crippen LogP contribution in [0, 0.1) is 0 Å². The van der Waals surface area contributed by atoms with Crippen LogP contribution in [-0.2, 0) is 9.59 Å². The highest BCUT2D eigenvalue weighted by Crippen LogP contribution is 2.02. The molecule has 0 rings (SSSR count). The topological polar surface area (TPSA) is 107 Å². The highest BCUT2D eigenvalue weighted by molar-refractivity contribution is 7.99. The van der Waals surface area contributed by atoms with E-state index in [0.29, 0.717) is 6.54 Å². The van der Waals surface area contributed by atoms with Crippen molar-refractivity contribution < 1.29 is 24.6 Å². The molecule has 17 heavy (non-hydrogen) atoms. The average Bonchev–Trinajstić information content (AvgIpc) is 2.23. The van der Waals surface area contributed by atoms with Crippen molar-refractivity contribution in [3.05, 3.63) is 0 Å². The number of thioether (sulfide) groups is 1. The summed E-state index contributed by atoms with van der Waals surface area (Å²) >= 11 is 1.54. The molecule has 0 heterocycles. The fourth-order valence-electron chi connectivity index (χ4n) is 0.952. The summed E-state index contributed by atoms with van der Waals surface area (Å²) in [5.74, 6) is -2.50. The van der Waals surface area contributed by atoms with E-state index < -0.39 is 31.1 Å². The van der Waals surface area contributed by atoms with Gasteiger partial charge in [-0.3, -0.25) is 9.59 Å². The summed E-state index contributed by atoms with van der Waals surface area (Å²) in [6, 6.07) is -0.685. The number of carboxylic acid groups (broad SMARTS) is 2. The van der Waals surface area contributed by atoms with Gasteiger partial charge in [0.05, 0.1) is 0 Å². The predicted octanol–water partition coefficient (Wildman–Crippen LogP) is -0.0813. The van der Waals surface area contributed by atoms with Gasteiger partial charge in [0, 0.05) is 11.8 Å². The zero-order valence-corrected chi connectivity index (χ0v) is 10.5. The third kappa shape index (κ3) is 7.45. The molecule has 1 atom stereocenters. The summed E-state index contributed by atoms with van der Waals surface area (Å²) in [4.78, 5) is 33.2. The molecular formula is C9H16N2O5S. The lowest BCUT2D eigenvalue weighted by Gasteiger charge is -2.20. The third-order valence-electron chi connectivity index (χ3n) is 1.88. The van der Waals surface area contributed by atoms with Crippen molar-refractivity contribution in [1.82, 2.24) is 10.2 Å². The number of hydrogen-bond donors (Lipinski definition) is 3. The Labute approximate surface area is 103 Å². The minimum atomic E-state index is -1.25. The van der Waals surface area contributed by atoms with Gasteiger partial charge in [-0.15, -0.1) is 0 Å². The van der Waals surface area contributed by atoms with Gasteiger partial charge in [0.1, 0.15) is 13.1 Å².